The smallest absolute Gasteiger partial charge is 0.371 e. The van der Waals surface area contributed by atoms with Gasteiger partial charge in [-0.1, -0.05) is 0 Å². The summed E-state index contributed by atoms with van der Waals surface area (Å²) in [5, 5.41) is 2.66. The molecule has 2 aromatic rings. The number of carbonyl (C=O) groups is 1. The maximum atomic E-state index is 13.2. The fourth-order valence-corrected chi connectivity index (χ4v) is 3.50. The summed E-state index contributed by atoms with van der Waals surface area (Å²) in [6.45, 7) is 0.255. The maximum Gasteiger partial charge on any atom is 0.416 e. The standard InChI is InChI=1S/C22H18F8N2O/c23-16-7-13(8-17(24)12-16)1-2-20(33)31-18-3-5-32(6-4-18)19-10-14(21(25,26)27)9-15(11-19)22(28,29)30/h1-2,7-12,18H,3-6H2,(H,31,33)/b2-1+. The number of hydrogen-bond donors (Lipinski definition) is 1. The molecule has 2 aromatic carbocycles. The molecule has 3 rings (SSSR count). The van der Waals surface area contributed by atoms with Crippen LogP contribution in [0.15, 0.2) is 42.5 Å². The second-order valence-corrected chi connectivity index (χ2v) is 7.57. The van der Waals surface area contributed by atoms with Crippen molar-refractivity contribution in [3.05, 3.63) is 70.8 Å². The highest BCUT2D eigenvalue weighted by Crippen LogP contribution is 2.38. The molecule has 0 saturated carbocycles. The van der Waals surface area contributed by atoms with Gasteiger partial charge in [-0.05, 0) is 54.8 Å². The molecule has 0 bridgehead atoms. The Bertz CT molecular complexity index is 985. The van der Waals surface area contributed by atoms with E-state index in [4.69, 9.17) is 0 Å². The molecule has 0 radical (unpaired) electrons. The van der Waals surface area contributed by atoms with E-state index < -0.39 is 41.0 Å². The Hall–Kier alpha value is -3.11. The second-order valence-electron chi connectivity index (χ2n) is 7.57. The quantitative estimate of drug-likeness (QED) is 0.445. The summed E-state index contributed by atoms with van der Waals surface area (Å²) in [4.78, 5) is 13.5. The van der Waals surface area contributed by atoms with Crippen LogP contribution in [0.4, 0.5) is 40.8 Å². The highest BCUT2D eigenvalue weighted by molar-refractivity contribution is 5.91. The first-order valence-electron chi connectivity index (χ1n) is 9.80. The summed E-state index contributed by atoms with van der Waals surface area (Å²) in [6, 6.07) is 3.83. The fourth-order valence-electron chi connectivity index (χ4n) is 3.50. The average Bonchev–Trinajstić information content (AvgIpc) is 2.70. The van der Waals surface area contributed by atoms with Crippen molar-refractivity contribution in [1.29, 1.82) is 0 Å². The molecule has 1 aliphatic rings. The van der Waals surface area contributed by atoms with Gasteiger partial charge >= 0.3 is 12.4 Å². The van der Waals surface area contributed by atoms with Crippen LogP contribution < -0.4 is 10.2 Å². The van der Waals surface area contributed by atoms with Crippen LogP contribution in [0.3, 0.4) is 0 Å². The Morgan fingerprint density at radius 2 is 1.36 bits per heavy atom. The van der Waals surface area contributed by atoms with Crippen LogP contribution in [0, 0.1) is 11.6 Å². The maximum absolute atomic E-state index is 13.2. The number of nitrogens with zero attached hydrogens (tertiary/aromatic N) is 1. The van der Waals surface area contributed by atoms with Crippen LogP contribution in [0.1, 0.15) is 29.5 Å². The molecular formula is C22H18F8N2O. The van der Waals surface area contributed by atoms with Gasteiger partial charge in [0.2, 0.25) is 5.91 Å². The zero-order valence-corrected chi connectivity index (χ0v) is 16.9. The van der Waals surface area contributed by atoms with Crippen LogP contribution >= 0.6 is 0 Å². The SMILES string of the molecule is O=C(/C=C/c1cc(F)cc(F)c1)NC1CCN(c2cc(C(F)(F)F)cc(C(F)(F)F)c2)CC1. The molecule has 0 unspecified atom stereocenters. The number of halogens is 8. The number of rotatable bonds is 4. The number of piperidine rings is 1. The number of nitrogens with one attached hydrogen (secondary N) is 1. The van der Waals surface area contributed by atoms with Gasteiger partial charge in [0.25, 0.3) is 0 Å². The van der Waals surface area contributed by atoms with Crippen molar-refractivity contribution in [2.24, 2.45) is 0 Å². The summed E-state index contributed by atoms with van der Waals surface area (Å²) in [5.74, 6) is -2.15. The van der Waals surface area contributed by atoms with Crippen molar-refractivity contribution in [2.75, 3.05) is 18.0 Å². The first kappa shape index (κ1) is 24.5. The number of anilines is 1. The molecule has 1 saturated heterocycles. The Labute approximate surface area is 183 Å². The first-order valence-corrected chi connectivity index (χ1v) is 9.80. The molecular weight excluding hydrogens is 460 g/mol. The molecule has 1 aliphatic heterocycles. The zero-order chi connectivity index (χ0) is 24.4. The van der Waals surface area contributed by atoms with E-state index in [1.807, 2.05) is 0 Å². The molecule has 1 amide bonds. The fraction of sp³-hybridized carbons (Fsp3) is 0.318. The zero-order valence-electron chi connectivity index (χ0n) is 16.9. The third kappa shape index (κ3) is 6.69. The number of benzene rings is 2. The third-order valence-corrected chi connectivity index (χ3v) is 5.09. The predicted molar refractivity (Wildman–Crippen MR) is 105 cm³/mol. The highest BCUT2D eigenvalue weighted by atomic mass is 19.4. The molecule has 178 valence electrons. The Balaban J connectivity index is 1.63. The van der Waals surface area contributed by atoms with E-state index >= 15 is 0 Å². The molecule has 0 aromatic heterocycles. The van der Waals surface area contributed by atoms with E-state index in [1.165, 1.54) is 11.0 Å². The molecule has 11 heteroatoms. The molecule has 0 aliphatic carbocycles. The molecule has 1 N–H and O–H groups in total. The molecule has 1 heterocycles. The van der Waals surface area contributed by atoms with E-state index in [9.17, 15) is 39.9 Å². The van der Waals surface area contributed by atoms with Gasteiger partial charge in [-0.2, -0.15) is 26.3 Å². The van der Waals surface area contributed by atoms with Crippen molar-refractivity contribution in [1.82, 2.24) is 5.32 Å². The van der Waals surface area contributed by atoms with Gasteiger partial charge in [0, 0.05) is 37.0 Å². The van der Waals surface area contributed by atoms with Crippen LogP contribution in [0.25, 0.3) is 6.08 Å². The second kappa shape index (κ2) is 9.40. The lowest BCUT2D eigenvalue weighted by atomic mass is 10.0. The Kier molecular flexibility index (Phi) is 6.99. The normalized spacial score (nSPS) is 15.8. The number of alkyl halides is 6. The molecule has 33 heavy (non-hydrogen) atoms. The minimum Gasteiger partial charge on any atom is -0.371 e. The van der Waals surface area contributed by atoms with E-state index in [1.54, 1.807) is 0 Å². The summed E-state index contributed by atoms with van der Waals surface area (Å²) in [5.41, 5.74) is -2.83. The minimum atomic E-state index is -4.93. The monoisotopic (exact) mass is 478 g/mol. The van der Waals surface area contributed by atoms with Crippen LogP contribution in [0.2, 0.25) is 0 Å². The van der Waals surface area contributed by atoms with Gasteiger partial charge in [-0.3, -0.25) is 4.79 Å². The number of carbonyl (C=O) groups excluding carboxylic acids is 1. The summed E-state index contributed by atoms with van der Waals surface area (Å²) in [6.07, 6.45) is -6.99. The van der Waals surface area contributed by atoms with Crippen LogP contribution in [-0.4, -0.2) is 25.0 Å². The van der Waals surface area contributed by atoms with Gasteiger partial charge in [0.05, 0.1) is 11.1 Å². The van der Waals surface area contributed by atoms with E-state index in [0.29, 0.717) is 18.2 Å². The van der Waals surface area contributed by atoms with Gasteiger partial charge in [-0.15, -0.1) is 0 Å². The lowest BCUT2D eigenvalue weighted by Crippen LogP contribution is -2.44. The van der Waals surface area contributed by atoms with Gasteiger partial charge in [0.15, 0.2) is 0 Å². The first-order chi connectivity index (χ1) is 15.3. The van der Waals surface area contributed by atoms with Gasteiger partial charge in [0.1, 0.15) is 11.6 Å². The Morgan fingerprint density at radius 1 is 0.848 bits per heavy atom. The molecule has 0 spiro atoms. The summed E-state index contributed by atoms with van der Waals surface area (Å²) in [7, 11) is 0. The average molecular weight is 478 g/mol. The van der Waals surface area contributed by atoms with Crippen molar-refractivity contribution in [3.63, 3.8) is 0 Å². The summed E-state index contributed by atoms with van der Waals surface area (Å²) < 4.78 is 105. The van der Waals surface area contributed by atoms with Crippen molar-refractivity contribution < 1.29 is 39.9 Å². The molecule has 1 fully saturated rings. The minimum absolute atomic E-state index is 0.0767. The van der Waals surface area contributed by atoms with Crippen molar-refractivity contribution >= 4 is 17.7 Å². The van der Waals surface area contributed by atoms with Crippen LogP contribution in [0.5, 0.6) is 0 Å². The number of hydrogen-bond acceptors (Lipinski definition) is 2. The van der Waals surface area contributed by atoms with Gasteiger partial charge in [-0.25, -0.2) is 8.78 Å². The largest absolute Gasteiger partial charge is 0.416 e. The molecule has 0 atom stereocenters. The summed E-state index contributed by atoms with van der Waals surface area (Å²) >= 11 is 0. The third-order valence-electron chi connectivity index (χ3n) is 5.09. The van der Waals surface area contributed by atoms with Gasteiger partial charge < -0.3 is 10.2 Å². The molecule has 3 nitrogen and oxygen atoms in total. The van der Waals surface area contributed by atoms with E-state index in [2.05, 4.69) is 5.32 Å². The predicted octanol–water partition coefficient (Wildman–Crippen LogP) is 5.80. The topological polar surface area (TPSA) is 32.3 Å². The lowest BCUT2D eigenvalue weighted by Gasteiger charge is -2.34. The van der Waals surface area contributed by atoms with Crippen molar-refractivity contribution in [2.45, 2.75) is 31.2 Å². The highest BCUT2D eigenvalue weighted by Gasteiger charge is 2.37. The lowest BCUT2D eigenvalue weighted by molar-refractivity contribution is -0.143. The van der Waals surface area contributed by atoms with E-state index in [0.717, 1.165) is 18.2 Å². The van der Waals surface area contributed by atoms with Crippen LogP contribution in [-0.2, 0) is 17.1 Å². The van der Waals surface area contributed by atoms with Crippen molar-refractivity contribution in [3.8, 4) is 0 Å². The number of amides is 1. The Morgan fingerprint density at radius 3 is 1.85 bits per heavy atom. The van der Waals surface area contributed by atoms with E-state index in [-0.39, 0.29) is 49.3 Å².